The first-order valence-electron chi connectivity index (χ1n) is 6.50. The maximum Gasteiger partial charge on any atom is 0.433 e. The molecule has 0 radical (unpaired) electrons. The Morgan fingerprint density at radius 1 is 1.36 bits per heavy atom. The number of hydrazone groups is 1. The van der Waals surface area contributed by atoms with E-state index in [1.165, 1.54) is 6.07 Å². The zero-order valence-corrected chi connectivity index (χ0v) is 12.2. The number of aromatic nitrogens is 1. The molecule has 2 aromatic heterocycles. The minimum Gasteiger partial charge on any atom is -0.400 e. The van der Waals surface area contributed by atoms with Crippen LogP contribution >= 0.6 is 0 Å². The van der Waals surface area contributed by atoms with Crippen LogP contribution in [-0.4, -0.2) is 21.6 Å². The molecule has 0 saturated carbocycles. The fourth-order valence-corrected chi connectivity index (χ4v) is 1.69. The number of nitro groups is 1. The Kier molecular flexibility index (Phi) is 5.00. The van der Waals surface area contributed by atoms with Gasteiger partial charge in [0, 0.05) is 12.3 Å². The van der Waals surface area contributed by atoms with Crippen molar-refractivity contribution >= 4 is 18.0 Å². The molecule has 1 amide bonds. The highest BCUT2D eigenvalue weighted by atomic mass is 19.4. The van der Waals surface area contributed by atoms with Gasteiger partial charge in [-0.15, -0.1) is 0 Å². The zero-order chi connectivity index (χ0) is 18.6. The number of amides is 1. The Bertz CT molecular complexity index is 884. The monoisotopic (exact) mass is 358 g/mol. The fourth-order valence-electron chi connectivity index (χ4n) is 1.69. The quantitative estimate of drug-likeness (QED) is 0.494. The lowest BCUT2D eigenvalue weighted by molar-refractivity contribution is -0.402. The Morgan fingerprint density at radius 2 is 2.08 bits per heavy atom. The van der Waals surface area contributed by atoms with Crippen LogP contribution in [0, 0.1) is 10.1 Å². The lowest BCUT2D eigenvalue weighted by Crippen LogP contribution is -2.30. The van der Waals surface area contributed by atoms with Gasteiger partial charge in [-0.3, -0.25) is 19.7 Å². The second-order valence-electron chi connectivity index (χ2n) is 4.61. The average molecular weight is 358 g/mol. The minimum absolute atomic E-state index is 0.0248. The predicted molar refractivity (Wildman–Crippen MR) is 76.8 cm³/mol. The molecule has 9 nitrogen and oxygen atoms in total. The molecule has 0 unspecified atom stereocenters. The molecule has 0 saturated heterocycles. The van der Waals surface area contributed by atoms with E-state index in [2.05, 4.69) is 5.10 Å². The molecule has 2 aromatic rings. The normalized spacial score (nSPS) is 11.6. The van der Waals surface area contributed by atoms with Crippen molar-refractivity contribution in [1.82, 2.24) is 9.99 Å². The average Bonchev–Trinajstić information content (AvgIpc) is 2.97. The number of nitrogens with zero attached hydrogens (tertiary/aromatic N) is 3. The van der Waals surface area contributed by atoms with Gasteiger partial charge in [-0.1, -0.05) is 0 Å². The number of furan rings is 1. The van der Waals surface area contributed by atoms with Crippen LogP contribution in [0.15, 0.2) is 44.8 Å². The predicted octanol–water partition coefficient (Wildman–Crippen LogP) is 1.52. The molecule has 2 rings (SSSR count). The molecule has 0 aliphatic heterocycles. The van der Waals surface area contributed by atoms with Crippen LogP contribution in [0.2, 0.25) is 0 Å². The van der Waals surface area contributed by atoms with Crippen molar-refractivity contribution < 1.29 is 27.3 Å². The number of carbonyl (C=O) groups is 1. The summed E-state index contributed by atoms with van der Waals surface area (Å²) in [5.41, 5.74) is 0.0883. The lowest BCUT2D eigenvalue weighted by atomic mass is 10.3. The number of pyridine rings is 1. The molecular weight excluding hydrogens is 349 g/mol. The molecule has 1 N–H and O–H groups in total. The zero-order valence-electron chi connectivity index (χ0n) is 12.2. The van der Waals surface area contributed by atoms with Crippen molar-refractivity contribution in [1.29, 1.82) is 0 Å². The summed E-state index contributed by atoms with van der Waals surface area (Å²) in [5, 5.41) is 13.8. The van der Waals surface area contributed by atoms with Gasteiger partial charge in [0.05, 0.1) is 17.8 Å². The lowest BCUT2D eigenvalue weighted by Gasteiger charge is -2.09. The Hall–Kier alpha value is -3.44. The SMILES string of the molecule is O=C(Cn1cc(C(F)(F)F)ccc1=O)NN=Cc1ccc([N+](=O)[O-])o1. The van der Waals surface area contributed by atoms with Crippen molar-refractivity contribution in [2.24, 2.45) is 5.10 Å². The van der Waals surface area contributed by atoms with E-state index in [1.54, 1.807) is 0 Å². The van der Waals surface area contributed by atoms with Crippen LogP contribution in [-0.2, 0) is 17.5 Å². The standard InChI is InChI=1S/C13H9F3N4O5/c14-13(15,16)8-1-3-11(22)19(6-8)7-10(21)18-17-5-9-2-4-12(25-9)20(23)24/h1-6H,7H2,(H,18,21). The second-order valence-corrected chi connectivity index (χ2v) is 4.61. The van der Waals surface area contributed by atoms with E-state index in [9.17, 15) is 32.9 Å². The molecule has 0 aliphatic carbocycles. The van der Waals surface area contributed by atoms with Crippen LogP contribution in [0.3, 0.4) is 0 Å². The molecule has 0 fully saturated rings. The van der Waals surface area contributed by atoms with Gasteiger partial charge in [-0.25, -0.2) is 5.43 Å². The van der Waals surface area contributed by atoms with E-state index in [4.69, 9.17) is 4.42 Å². The van der Waals surface area contributed by atoms with E-state index < -0.39 is 40.6 Å². The van der Waals surface area contributed by atoms with Gasteiger partial charge in [-0.2, -0.15) is 18.3 Å². The van der Waals surface area contributed by atoms with Gasteiger partial charge < -0.3 is 8.98 Å². The summed E-state index contributed by atoms with van der Waals surface area (Å²) >= 11 is 0. The summed E-state index contributed by atoms with van der Waals surface area (Å²) in [6.45, 7) is -0.696. The highest BCUT2D eigenvalue weighted by Gasteiger charge is 2.31. The Labute approximate surface area is 136 Å². The summed E-state index contributed by atoms with van der Waals surface area (Å²) in [4.78, 5) is 32.8. The van der Waals surface area contributed by atoms with Crippen molar-refractivity contribution in [3.8, 4) is 0 Å². The first kappa shape index (κ1) is 17.9. The molecular formula is C13H9F3N4O5. The highest BCUT2D eigenvalue weighted by molar-refractivity contribution is 5.80. The number of nitrogens with one attached hydrogen (secondary N) is 1. The fraction of sp³-hybridized carbons (Fsp3) is 0.154. The number of hydrogen-bond donors (Lipinski definition) is 1. The summed E-state index contributed by atoms with van der Waals surface area (Å²) < 4.78 is 43.1. The van der Waals surface area contributed by atoms with Crippen LogP contribution in [0.1, 0.15) is 11.3 Å². The summed E-state index contributed by atoms with van der Waals surface area (Å²) in [5.74, 6) is -1.43. The van der Waals surface area contributed by atoms with E-state index in [1.807, 2.05) is 5.43 Å². The number of carbonyl (C=O) groups excluding carboxylic acids is 1. The molecule has 0 bridgehead atoms. The van der Waals surface area contributed by atoms with Crippen molar-refractivity contribution in [3.63, 3.8) is 0 Å². The third-order valence-electron chi connectivity index (χ3n) is 2.80. The maximum atomic E-state index is 12.6. The van der Waals surface area contributed by atoms with E-state index >= 15 is 0 Å². The molecule has 0 aromatic carbocycles. The van der Waals surface area contributed by atoms with Crippen LogP contribution < -0.4 is 11.0 Å². The first-order chi connectivity index (χ1) is 11.7. The Balaban J connectivity index is 2.01. The third-order valence-corrected chi connectivity index (χ3v) is 2.80. The molecule has 0 atom stereocenters. The summed E-state index contributed by atoms with van der Waals surface area (Å²) in [7, 11) is 0. The van der Waals surface area contributed by atoms with E-state index in [0.717, 1.165) is 12.3 Å². The summed E-state index contributed by atoms with van der Waals surface area (Å²) in [6, 6.07) is 3.61. The van der Waals surface area contributed by atoms with Crippen molar-refractivity contribution in [3.05, 3.63) is 62.3 Å². The maximum absolute atomic E-state index is 12.6. The smallest absolute Gasteiger partial charge is 0.400 e. The highest BCUT2D eigenvalue weighted by Crippen LogP contribution is 2.27. The number of halogens is 3. The topological polar surface area (TPSA) is 120 Å². The van der Waals surface area contributed by atoms with Gasteiger partial charge >= 0.3 is 12.1 Å². The molecule has 0 aliphatic rings. The third kappa shape index (κ3) is 4.76. The van der Waals surface area contributed by atoms with Gasteiger partial charge in [0.1, 0.15) is 11.5 Å². The summed E-state index contributed by atoms with van der Waals surface area (Å²) in [6.07, 6.45) is -3.18. The number of hydrogen-bond acceptors (Lipinski definition) is 6. The molecule has 12 heteroatoms. The van der Waals surface area contributed by atoms with Crippen LogP contribution in [0.4, 0.5) is 19.1 Å². The largest absolute Gasteiger partial charge is 0.433 e. The minimum atomic E-state index is -4.65. The van der Waals surface area contributed by atoms with Gasteiger partial charge in [0.25, 0.3) is 11.5 Å². The van der Waals surface area contributed by atoms with Crippen molar-refractivity contribution in [2.45, 2.75) is 12.7 Å². The van der Waals surface area contributed by atoms with Gasteiger partial charge in [-0.05, 0) is 12.1 Å². The number of rotatable bonds is 5. The first-order valence-corrected chi connectivity index (χ1v) is 6.50. The van der Waals surface area contributed by atoms with Gasteiger partial charge in [0.15, 0.2) is 5.76 Å². The Morgan fingerprint density at radius 3 is 2.68 bits per heavy atom. The van der Waals surface area contributed by atoms with E-state index in [-0.39, 0.29) is 5.76 Å². The molecule has 0 spiro atoms. The molecule has 25 heavy (non-hydrogen) atoms. The second kappa shape index (κ2) is 6.98. The van der Waals surface area contributed by atoms with E-state index in [0.29, 0.717) is 22.9 Å². The molecule has 2 heterocycles. The van der Waals surface area contributed by atoms with Gasteiger partial charge in [0.2, 0.25) is 0 Å². The number of alkyl halides is 3. The van der Waals surface area contributed by atoms with Crippen LogP contribution in [0.25, 0.3) is 0 Å². The van der Waals surface area contributed by atoms with Crippen LogP contribution in [0.5, 0.6) is 0 Å². The van der Waals surface area contributed by atoms with Crippen molar-refractivity contribution in [2.75, 3.05) is 0 Å². The molecule has 132 valence electrons.